The first-order valence-electron chi connectivity index (χ1n) is 6.09. The van der Waals surface area contributed by atoms with Crippen molar-refractivity contribution in [3.63, 3.8) is 0 Å². The first-order valence-corrected chi connectivity index (χ1v) is 6.09. The van der Waals surface area contributed by atoms with Crippen LogP contribution >= 0.6 is 0 Å². The van der Waals surface area contributed by atoms with E-state index in [9.17, 15) is 9.59 Å². The zero-order chi connectivity index (χ0) is 14.3. The highest BCUT2D eigenvalue weighted by Gasteiger charge is 2.17. The highest BCUT2D eigenvalue weighted by atomic mass is 16.5. The standard InChI is InChI=1S/C14H19NO4/c1-11(14(17)18)8-15(2)13(16)10-19-9-12-6-4-3-5-7-12/h3-7,11H,8-10H2,1-2H3,(H,17,18). The summed E-state index contributed by atoms with van der Waals surface area (Å²) in [6, 6.07) is 9.56. The lowest BCUT2D eigenvalue weighted by atomic mass is 10.2. The van der Waals surface area contributed by atoms with Crippen LogP contribution in [0, 0.1) is 5.92 Å². The number of nitrogens with zero attached hydrogens (tertiary/aromatic N) is 1. The zero-order valence-corrected chi connectivity index (χ0v) is 11.2. The number of carboxylic acids is 1. The van der Waals surface area contributed by atoms with Gasteiger partial charge in [0.2, 0.25) is 5.91 Å². The number of hydrogen-bond donors (Lipinski definition) is 1. The molecule has 0 aliphatic rings. The number of rotatable bonds is 7. The highest BCUT2D eigenvalue weighted by molar-refractivity contribution is 5.78. The summed E-state index contributed by atoms with van der Waals surface area (Å²) in [5.41, 5.74) is 0.997. The van der Waals surface area contributed by atoms with Crippen LogP contribution in [0.3, 0.4) is 0 Å². The van der Waals surface area contributed by atoms with Gasteiger partial charge in [0.05, 0.1) is 12.5 Å². The van der Waals surface area contributed by atoms with Gasteiger partial charge < -0.3 is 14.7 Å². The lowest BCUT2D eigenvalue weighted by molar-refractivity contribution is -0.143. The van der Waals surface area contributed by atoms with Crippen LogP contribution in [-0.2, 0) is 20.9 Å². The maximum absolute atomic E-state index is 11.7. The van der Waals surface area contributed by atoms with Crippen LogP contribution in [-0.4, -0.2) is 42.1 Å². The molecular weight excluding hydrogens is 246 g/mol. The van der Waals surface area contributed by atoms with E-state index in [-0.39, 0.29) is 19.1 Å². The lowest BCUT2D eigenvalue weighted by Gasteiger charge is -2.19. The van der Waals surface area contributed by atoms with E-state index < -0.39 is 11.9 Å². The Balaban J connectivity index is 2.29. The quantitative estimate of drug-likeness (QED) is 0.809. The van der Waals surface area contributed by atoms with Gasteiger partial charge in [-0.2, -0.15) is 0 Å². The fourth-order valence-corrected chi connectivity index (χ4v) is 1.53. The fourth-order valence-electron chi connectivity index (χ4n) is 1.53. The molecule has 0 aliphatic heterocycles. The monoisotopic (exact) mass is 265 g/mol. The third-order valence-electron chi connectivity index (χ3n) is 2.73. The van der Waals surface area contributed by atoms with Gasteiger partial charge >= 0.3 is 5.97 Å². The predicted octanol–water partition coefficient (Wildman–Crippen LogP) is 1.38. The molecule has 1 unspecified atom stereocenters. The van der Waals surface area contributed by atoms with Crippen molar-refractivity contribution in [1.29, 1.82) is 0 Å². The fraction of sp³-hybridized carbons (Fsp3) is 0.429. The molecule has 1 N–H and O–H groups in total. The topological polar surface area (TPSA) is 66.8 Å². The van der Waals surface area contributed by atoms with E-state index in [1.165, 1.54) is 4.90 Å². The molecule has 0 radical (unpaired) electrons. The summed E-state index contributed by atoms with van der Waals surface area (Å²) in [6.07, 6.45) is 0. The van der Waals surface area contributed by atoms with Crippen molar-refractivity contribution >= 4 is 11.9 Å². The molecule has 5 nitrogen and oxygen atoms in total. The van der Waals surface area contributed by atoms with Crippen LogP contribution in [0.15, 0.2) is 30.3 Å². The lowest BCUT2D eigenvalue weighted by Crippen LogP contribution is -2.35. The second kappa shape index (κ2) is 7.53. The van der Waals surface area contributed by atoms with E-state index in [1.54, 1.807) is 14.0 Å². The number of amides is 1. The van der Waals surface area contributed by atoms with E-state index in [2.05, 4.69) is 0 Å². The Hall–Kier alpha value is -1.88. The number of aliphatic carboxylic acids is 1. The van der Waals surface area contributed by atoms with Crippen LogP contribution < -0.4 is 0 Å². The Morgan fingerprint density at radius 3 is 2.53 bits per heavy atom. The van der Waals surface area contributed by atoms with Crippen molar-refractivity contribution in [2.24, 2.45) is 5.92 Å². The molecule has 5 heteroatoms. The van der Waals surface area contributed by atoms with Gasteiger partial charge in [0.25, 0.3) is 0 Å². The maximum Gasteiger partial charge on any atom is 0.308 e. The van der Waals surface area contributed by atoms with Gasteiger partial charge in [-0.25, -0.2) is 0 Å². The van der Waals surface area contributed by atoms with Gasteiger partial charge in [0, 0.05) is 13.6 Å². The van der Waals surface area contributed by atoms with E-state index in [0.717, 1.165) is 5.56 Å². The molecule has 104 valence electrons. The first kappa shape index (κ1) is 15.2. The van der Waals surface area contributed by atoms with Crippen molar-refractivity contribution in [3.05, 3.63) is 35.9 Å². The number of hydrogen-bond acceptors (Lipinski definition) is 3. The Labute approximate surface area is 112 Å². The van der Waals surface area contributed by atoms with Gasteiger partial charge in [0.1, 0.15) is 6.61 Å². The largest absolute Gasteiger partial charge is 0.481 e. The average molecular weight is 265 g/mol. The van der Waals surface area contributed by atoms with Crippen molar-refractivity contribution in [2.45, 2.75) is 13.5 Å². The first-order chi connectivity index (χ1) is 9.00. The molecule has 1 aromatic carbocycles. The molecule has 0 aromatic heterocycles. The molecule has 0 saturated carbocycles. The second-order valence-corrected chi connectivity index (χ2v) is 4.49. The average Bonchev–Trinajstić information content (AvgIpc) is 2.39. The Bertz CT molecular complexity index is 419. The maximum atomic E-state index is 11.7. The summed E-state index contributed by atoms with van der Waals surface area (Å²) in [5.74, 6) is -1.71. The third-order valence-corrected chi connectivity index (χ3v) is 2.73. The second-order valence-electron chi connectivity index (χ2n) is 4.49. The van der Waals surface area contributed by atoms with Gasteiger partial charge in [-0.15, -0.1) is 0 Å². The van der Waals surface area contributed by atoms with Crippen molar-refractivity contribution in [3.8, 4) is 0 Å². The molecule has 0 fully saturated rings. The molecular formula is C14H19NO4. The van der Waals surface area contributed by atoms with E-state index >= 15 is 0 Å². The van der Waals surface area contributed by atoms with Gasteiger partial charge in [0.15, 0.2) is 0 Å². The number of carboxylic acid groups (broad SMARTS) is 1. The van der Waals surface area contributed by atoms with E-state index in [4.69, 9.17) is 9.84 Å². The van der Waals surface area contributed by atoms with E-state index in [0.29, 0.717) is 6.61 Å². The Morgan fingerprint density at radius 1 is 1.32 bits per heavy atom. The van der Waals surface area contributed by atoms with E-state index in [1.807, 2.05) is 30.3 Å². The number of benzene rings is 1. The molecule has 0 aliphatic carbocycles. The van der Waals surface area contributed by atoms with Gasteiger partial charge in [-0.3, -0.25) is 9.59 Å². The molecule has 0 bridgehead atoms. The SMILES string of the molecule is CC(CN(C)C(=O)COCc1ccccc1)C(=O)O. The van der Waals surface area contributed by atoms with Crippen LogP contribution in [0.25, 0.3) is 0 Å². The highest BCUT2D eigenvalue weighted by Crippen LogP contribution is 2.02. The molecule has 19 heavy (non-hydrogen) atoms. The summed E-state index contributed by atoms with van der Waals surface area (Å²) in [6.45, 7) is 2.08. The molecule has 1 aromatic rings. The van der Waals surface area contributed by atoms with Crippen LogP contribution in [0.5, 0.6) is 0 Å². The summed E-state index contributed by atoms with van der Waals surface area (Å²) < 4.78 is 5.31. The molecule has 0 spiro atoms. The third kappa shape index (κ3) is 5.52. The van der Waals surface area contributed by atoms with Crippen molar-refractivity contribution < 1.29 is 19.4 Å². The van der Waals surface area contributed by atoms with Crippen LogP contribution in [0.4, 0.5) is 0 Å². The number of carbonyl (C=O) groups is 2. The zero-order valence-electron chi connectivity index (χ0n) is 11.2. The molecule has 0 heterocycles. The van der Waals surface area contributed by atoms with Gasteiger partial charge in [-0.1, -0.05) is 37.3 Å². The van der Waals surface area contributed by atoms with Gasteiger partial charge in [-0.05, 0) is 5.56 Å². The Kier molecular flexibility index (Phi) is 6.02. The van der Waals surface area contributed by atoms with Crippen molar-refractivity contribution in [2.75, 3.05) is 20.2 Å². The minimum Gasteiger partial charge on any atom is -0.481 e. The number of ether oxygens (including phenoxy) is 1. The molecule has 1 amide bonds. The van der Waals surface area contributed by atoms with Crippen LogP contribution in [0.1, 0.15) is 12.5 Å². The summed E-state index contributed by atoms with van der Waals surface area (Å²) in [7, 11) is 1.58. The Morgan fingerprint density at radius 2 is 1.95 bits per heavy atom. The molecule has 0 saturated heterocycles. The summed E-state index contributed by atoms with van der Waals surface area (Å²) in [4.78, 5) is 23.8. The summed E-state index contributed by atoms with van der Waals surface area (Å²) >= 11 is 0. The molecule has 1 rings (SSSR count). The summed E-state index contributed by atoms with van der Waals surface area (Å²) in [5, 5.41) is 8.77. The number of carbonyl (C=O) groups excluding carboxylic acids is 1. The van der Waals surface area contributed by atoms with Crippen LogP contribution in [0.2, 0.25) is 0 Å². The minimum atomic E-state index is -0.912. The van der Waals surface area contributed by atoms with Crippen molar-refractivity contribution in [1.82, 2.24) is 4.90 Å². The minimum absolute atomic E-state index is 0.0439. The number of likely N-dealkylation sites (N-methyl/N-ethyl adjacent to an activating group) is 1. The molecule has 1 atom stereocenters. The smallest absolute Gasteiger partial charge is 0.308 e. The predicted molar refractivity (Wildman–Crippen MR) is 70.5 cm³/mol. The normalized spacial score (nSPS) is 11.9.